The molecule has 1 N–H and O–H groups in total. The van der Waals surface area contributed by atoms with Gasteiger partial charge < -0.3 is 10.2 Å². The summed E-state index contributed by atoms with van der Waals surface area (Å²) in [6, 6.07) is 11.0. The fourth-order valence-electron chi connectivity index (χ4n) is 2.07. The molecule has 0 bridgehead atoms. The molecule has 1 aromatic carbocycles. The lowest BCUT2D eigenvalue weighted by Gasteiger charge is -2.20. The molecule has 0 saturated carbocycles. The molecule has 0 radical (unpaired) electrons. The lowest BCUT2D eigenvalue weighted by atomic mass is 10.2. The molecule has 2 amide bonds. The van der Waals surface area contributed by atoms with E-state index in [0.717, 1.165) is 5.69 Å². The van der Waals surface area contributed by atoms with Crippen LogP contribution < -0.4 is 5.32 Å². The van der Waals surface area contributed by atoms with E-state index in [9.17, 15) is 14.0 Å². The Hall–Kier alpha value is -2.76. The molecule has 0 unspecified atom stereocenters. The number of rotatable bonds is 6. The van der Waals surface area contributed by atoms with Crippen molar-refractivity contribution in [3.8, 4) is 0 Å². The molecular weight excluding hydrogens is 297 g/mol. The van der Waals surface area contributed by atoms with Gasteiger partial charge in [0.1, 0.15) is 5.82 Å². The molecule has 2 aromatic rings. The van der Waals surface area contributed by atoms with E-state index in [0.29, 0.717) is 13.1 Å². The number of hydrogen-bond donors (Lipinski definition) is 1. The summed E-state index contributed by atoms with van der Waals surface area (Å²) in [6.45, 7) is 2.48. The summed E-state index contributed by atoms with van der Waals surface area (Å²) < 4.78 is 13.1. The summed E-state index contributed by atoms with van der Waals surface area (Å²) in [5, 5.41) is 2.68. The van der Waals surface area contributed by atoms with Gasteiger partial charge in [-0.2, -0.15) is 0 Å². The molecule has 0 spiro atoms. The standard InChI is InChI=1S/C17H18FN3O2/c1-13(22)21(12-16-7-2-3-8-19-16)10-9-20-17(23)14-5-4-6-15(18)11-14/h2-8,11H,9-10,12H2,1H3,(H,20,23). The number of carbonyl (C=O) groups excluding carboxylic acids is 2. The number of amides is 2. The van der Waals surface area contributed by atoms with E-state index in [4.69, 9.17) is 0 Å². The summed E-state index contributed by atoms with van der Waals surface area (Å²) in [5.74, 6) is -0.931. The SMILES string of the molecule is CC(=O)N(CCNC(=O)c1cccc(F)c1)Cc1ccccn1. The van der Waals surface area contributed by atoms with Crippen LogP contribution in [0.3, 0.4) is 0 Å². The predicted octanol–water partition coefficient (Wildman–Crippen LogP) is 2.00. The molecule has 2 rings (SSSR count). The summed E-state index contributed by atoms with van der Waals surface area (Å²) in [6.07, 6.45) is 1.67. The number of nitrogens with zero attached hydrogens (tertiary/aromatic N) is 2. The molecule has 0 saturated heterocycles. The van der Waals surface area contributed by atoms with Crippen molar-refractivity contribution in [2.75, 3.05) is 13.1 Å². The Morgan fingerprint density at radius 1 is 1.22 bits per heavy atom. The van der Waals surface area contributed by atoms with Crippen molar-refractivity contribution in [3.63, 3.8) is 0 Å². The van der Waals surface area contributed by atoms with E-state index in [1.807, 2.05) is 12.1 Å². The number of benzene rings is 1. The highest BCUT2D eigenvalue weighted by Gasteiger charge is 2.11. The molecule has 0 aliphatic heterocycles. The Labute approximate surface area is 134 Å². The average molecular weight is 315 g/mol. The summed E-state index contributed by atoms with van der Waals surface area (Å²) in [5.41, 5.74) is 1.03. The average Bonchev–Trinajstić information content (AvgIpc) is 2.54. The summed E-state index contributed by atoms with van der Waals surface area (Å²) >= 11 is 0. The van der Waals surface area contributed by atoms with Crippen LogP contribution in [0.15, 0.2) is 48.7 Å². The van der Waals surface area contributed by atoms with E-state index >= 15 is 0 Å². The third-order valence-corrected chi connectivity index (χ3v) is 3.28. The molecule has 1 heterocycles. The van der Waals surface area contributed by atoms with Gasteiger partial charge in [0.25, 0.3) is 5.91 Å². The smallest absolute Gasteiger partial charge is 0.251 e. The molecule has 0 aliphatic rings. The Morgan fingerprint density at radius 2 is 2.04 bits per heavy atom. The van der Waals surface area contributed by atoms with Gasteiger partial charge >= 0.3 is 0 Å². The zero-order valence-electron chi connectivity index (χ0n) is 12.8. The Bertz CT molecular complexity index is 677. The van der Waals surface area contributed by atoms with Gasteiger partial charge in [-0.15, -0.1) is 0 Å². The number of carbonyl (C=O) groups is 2. The minimum absolute atomic E-state index is 0.101. The molecule has 0 fully saturated rings. The number of hydrogen-bond acceptors (Lipinski definition) is 3. The lowest BCUT2D eigenvalue weighted by Crippen LogP contribution is -2.37. The second-order valence-electron chi connectivity index (χ2n) is 5.03. The highest BCUT2D eigenvalue weighted by molar-refractivity contribution is 5.94. The predicted molar refractivity (Wildman–Crippen MR) is 84.1 cm³/mol. The maximum Gasteiger partial charge on any atom is 0.251 e. The van der Waals surface area contributed by atoms with Gasteiger partial charge in [0.2, 0.25) is 5.91 Å². The van der Waals surface area contributed by atoms with Crippen LogP contribution in [0.1, 0.15) is 23.0 Å². The van der Waals surface area contributed by atoms with Gasteiger partial charge in [-0.25, -0.2) is 4.39 Å². The van der Waals surface area contributed by atoms with Crippen LogP contribution in [0, 0.1) is 5.82 Å². The van der Waals surface area contributed by atoms with Crippen LogP contribution in [0.25, 0.3) is 0 Å². The monoisotopic (exact) mass is 315 g/mol. The second kappa shape index (κ2) is 8.03. The quantitative estimate of drug-likeness (QED) is 0.887. The van der Waals surface area contributed by atoms with Crippen LogP contribution >= 0.6 is 0 Å². The van der Waals surface area contributed by atoms with Crippen molar-refractivity contribution in [3.05, 3.63) is 65.7 Å². The van der Waals surface area contributed by atoms with E-state index in [-0.39, 0.29) is 23.9 Å². The molecule has 0 aliphatic carbocycles. The van der Waals surface area contributed by atoms with Crippen molar-refractivity contribution in [1.82, 2.24) is 15.2 Å². The van der Waals surface area contributed by atoms with Crippen LogP contribution in [-0.4, -0.2) is 34.8 Å². The van der Waals surface area contributed by atoms with E-state index < -0.39 is 5.82 Å². The first kappa shape index (κ1) is 16.6. The Morgan fingerprint density at radius 3 is 2.70 bits per heavy atom. The van der Waals surface area contributed by atoms with Gasteiger partial charge in [0.15, 0.2) is 0 Å². The second-order valence-corrected chi connectivity index (χ2v) is 5.03. The number of nitrogens with one attached hydrogen (secondary N) is 1. The van der Waals surface area contributed by atoms with Crippen LogP contribution in [0.4, 0.5) is 4.39 Å². The molecule has 23 heavy (non-hydrogen) atoms. The van der Waals surface area contributed by atoms with Crippen LogP contribution in [0.2, 0.25) is 0 Å². The number of pyridine rings is 1. The first-order valence-electron chi connectivity index (χ1n) is 7.25. The fourth-order valence-corrected chi connectivity index (χ4v) is 2.07. The largest absolute Gasteiger partial charge is 0.350 e. The third kappa shape index (κ3) is 5.18. The third-order valence-electron chi connectivity index (χ3n) is 3.28. The minimum Gasteiger partial charge on any atom is -0.350 e. The molecule has 120 valence electrons. The molecule has 0 atom stereocenters. The highest BCUT2D eigenvalue weighted by Crippen LogP contribution is 2.04. The molecule has 6 heteroatoms. The zero-order chi connectivity index (χ0) is 16.7. The molecule has 5 nitrogen and oxygen atoms in total. The fraction of sp³-hybridized carbons (Fsp3) is 0.235. The summed E-state index contributed by atoms with van der Waals surface area (Å²) in [7, 11) is 0. The first-order chi connectivity index (χ1) is 11.1. The van der Waals surface area contributed by atoms with Crippen molar-refractivity contribution in [2.24, 2.45) is 0 Å². The van der Waals surface area contributed by atoms with E-state index in [1.54, 1.807) is 17.2 Å². The van der Waals surface area contributed by atoms with Crippen molar-refractivity contribution < 1.29 is 14.0 Å². The van der Waals surface area contributed by atoms with Gasteiger partial charge in [0, 0.05) is 31.8 Å². The van der Waals surface area contributed by atoms with Gasteiger partial charge in [-0.05, 0) is 30.3 Å². The van der Waals surface area contributed by atoms with Gasteiger partial charge in [-0.3, -0.25) is 14.6 Å². The van der Waals surface area contributed by atoms with Gasteiger partial charge in [-0.1, -0.05) is 12.1 Å². The maximum atomic E-state index is 13.1. The van der Waals surface area contributed by atoms with Crippen molar-refractivity contribution >= 4 is 11.8 Å². The number of aromatic nitrogens is 1. The molecular formula is C17H18FN3O2. The van der Waals surface area contributed by atoms with Crippen LogP contribution in [-0.2, 0) is 11.3 Å². The van der Waals surface area contributed by atoms with E-state index in [2.05, 4.69) is 10.3 Å². The minimum atomic E-state index is -0.460. The highest BCUT2D eigenvalue weighted by atomic mass is 19.1. The lowest BCUT2D eigenvalue weighted by molar-refractivity contribution is -0.129. The first-order valence-corrected chi connectivity index (χ1v) is 7.25. The summed E-state index contributed by atoms with van der Waals surface area (Å²) in [4.78, 5) is 29.4. The van der Waals surface area contributed by atoms with Crippen molar-refractivity contribution in [1.29, 1.82) is 0 Å². The normalized spacial score (nSPS) is 10.2. The van der Waals surface area contributed by atoms with Crippen molar-refractivity contribution in [2.45, 2.75) is 13.5 Å². The van der Waals surface area contributed by atoms with E-state index in [1.165, 1.54) is 31.2 Å². The zero-order valence-corrected chi connectivity index (χ0v) is 12.8. The Kier molecular flexibility index (Phi) is 5.80. The maximum absolute atomic E-state index is 13.1. The van der Waals surface area contributed by atoms with Crippen LogP contribution in [0.5, 0.6) is 0 Å². The number of halogens is 1. The Balaban J connectivity index is 1.87. The molecule has 1 aromatic heterocycles. The van der Waals surface area contributed by atoms with Gasteiger partial charge in [0.05, 0.1) is 12.2 Å². The topological polar surface area (TPSA) is 62.3 Å².